The second-order valence-electron chi connectivity index (χ2n) is 25.0. The summed E-state index contributed by atoms with van der Waals surface area (Å²) in [6.45, 7) is 57.0. The van der Waals surface area contributed by atoms with Gasteiger partial charge in [-0.1, -0.05) is 190 Å². The van der Waals surface area contributed by atoms with Gasteiger partial charge in [-0.3, -0.25) is 0 Å². The molecule has 5 aliphatic heterocycles. The Morgan fingerprint density at radius 3 is 0.500 bits per heavy atom. The Morgan fingerprint density at radius 2 is 0.375 bits per heavy atom. The molecule has 0 saturated heterocycles. The van der Waals surface area contributed by atoms with Gasteiger partial charge in [0, 0.05) is 0 Å². The third-order valence-electron chi connectivity index (χ3n) is 17.7. The van der Waals surface area contributed by atoms with Crippen LogP contribution in [0.25, 0.3) is 0 Å². The van der Waals surface area contributed by atoms with Crippen LogP contribution in [0.2, 0.25) is 66.5 Å². The predicted molar refractivity (Wildman–Crippen MR) is 330 cm³/mol. The van der Waals surface area contributed by atoms with Gasteiger partial charge in [0.2, 0.25) is 0 Å². The van der Waals surface area contributed by atoms with Crippen molar-refractivity contribution in [3.05, 3.63) is 93.7 Å². The number of nitrogens with zero attached hydrogens (tertiary/aromatic N) is 4. The fourth-order valence-corrected chi connectivity index (χ4v) is 34.8. The number of rotatable bonds is 12. The number of aliphatic imine (C=N–C) groups is 4. The van der Waals surface area contributed by atoms with Crippen molar-refractivity contribution in [2.24, 2.45) is 20.0 Å². The van der Waals surface area contributed by atoms with Crippen molar-refractivity contribution in [3.63, 3.8) is 0 Å². The molecule has 5 rings (SSSR count). The molecule has 8 bridgehead atoms. The molecule has 0 radical (unpaired) electrons. The first-order valence-electron chi connectivity index (χ1n) is 27.8. The van der Waals surface area contributed by atoms with Gasteiger partial charge in [-0.2, -0.15) is 0 Å². The lowest BCUT2D eigenvalue weighted by atomic mass is 10.1. The van der Waals surface area contributed by atoms with Crippen LogP contribution < -0.4 is 0 Å². The summed E-state index contributed by atoms with van der Waals surface area (Å²) < 4.78 is 0. The van der Waals surface area contributed by atoms with Gasteiger partial charge in [-0.05, 0) is 115 Å². The second-order valence-corrected chi connectivity index (χ2v) is 47.3. The summed E-state index contributed by atoms with van der Waals surface area (Å²) in [4.78, 5) is 22.2. The highest BCUT2D eigenvalue weighted by molar-refractivity contribution is 6.92. The van der Waals surface area contributed by atoms with Crippen LogP contribution in [0.4, 0.5) is 0 Å². The molecule has 0 saturated carbocycles. The first kappa shape index (κ1) is 58.6. The van der Waals surface area contributed by atoms with Gasteiger partial charge in [0.1, 0.15) is 32.3 Å². The second kappa shape index (κ2) is 23.1. The van der Waals surface area contributed by atoms with Gasteiger partial charge in [0.15, 0.2) is 0 Å². The van der Waals surface area contributed by atoms with Crippen molar-refractivity contribution >= 4 is 55.1 Å². The molecule has 4 nitrogen and oxygen atoms in total. The highest BCUT2D eigenvalue weighted by Gasteiger charge is 2.45. The van der Waals surface area contributed by atoms with E-state index >= 15 is 0 Å². The largest absolute Gasteiger partial charge is 0.246 e. The standard InChI is InChI=1S/C64H92N4Si4/c1-41(2)69(42(3)4,43(5)6)37-33-53-57-25-27-59(65-57)54(34-38-70(44(7)8,45(9)10)46(11)12)61-29-31-63(67-61)56(36-40-72(50(19)20,51(21)22)52(23)24)64-32-30-62(68-64)55(60-28-26-58(53)66-60)35-39-71(47(13)14,48(15)16)49(17)18/h25-32,41-52H,1-24H3. The monoisotopic (exact) mass is 1030 g/mol. The molecular formula is C64H92N4Si4. The molecule has 384 valence electrons. The zero-order valence-electron chi connectivity index (χ0n) is 49.3. The van der Waals surface area contributed by atoms with E-state index in [1.165, 1.54) is 0 Å². The smallest absolute Gasteiger partial charge is 0.146 e. The lowest BCUT2D eigenvalue weighted by Crippen LogP contribution is -2.43. The zero-order valence-corrected chi connectivity index (χ0v) is 53.3. The molecule has 0 aromatic rings. The fraction of sp³-hybridized carbons (Fsp3) is 0.562. The summed E-state index contributed by atoms with van der Waals surface area (Å²) in [6, 6.07) is 0. The Kier molecular flexibility index (Phi) is 18.8. The van der Waals surface area contributed by atoms with Crippen molar-refractivity contribution in [2.75, 3.05) is 0 Å². The quantitative estimate of drug-likeness (QED) is 0.138. The normalized spacial score (nSPS) is 17.3. The molecule has 8 heteroatoms. The van der Waals surface area contributed by atoms with E-state index in [0.29, 0.717) is 66.5 Å². The fourth-order valence-electron chi connectivity index (χ4n) is 14.0. The van der Waals surface area contributed by atoms with Crippen LogP contribution in [0.15, 0.2) is 114 Å². The van der Waals surface area contributed by atoms with Crippen molar-refractivity contribution in [2.45, 2.75) is 233 Å². The molecule has 0 N–H and O–H groups in total. The molecule has 0 unspecified atom stereocenters. The van der Waals surface area contributed by atoms with Crippen molar-refractivity contribution in [1.29, 1.82) is 0 Å². The molecule has 0 aromatic carbocycles. The Hall–Kier alpha value is -4.29. The minimum absolute atomic E-state index is 0.467. The molecule has 0 aliphatic carbocycles. The molecule has 5 heterocycles. The highest BCUT2D eigenvalue weighted by atomic mass is 28.3. The zero-order chi connectivity index (χ0) is 54.0. The summed E-state index contributed by atoms with van der Waals surface area (Å²) in [7, 11) is -8.66. The van der Waals surface area contributed by atoms with Crippen LogP contribution in [0, 0.1) is 45.9 Å². The third kappa shape index (κ3) is 10.8. The van der Waals surface area contributed by atoms with Crippen LogP contribution in [-0.4, -0.2) is 55.1 Å². The topological polar surface area (TPSA) is 49.4 Å². The SMILES string of the molecule is CC(C)[Si](C#CC1=C2C=CC(=N2)C(C#C[Si](C(C)C)(C(C)C)C(C)C)=C2C=CC(=N2)C(C#C[Si](C(C)C)(C(C)C)C(C)C)=C2C=CC(=N2)C(C#C[Si](C(C)C)(C(C)C)C(C)C)=C2C=CC1=N2)(C(C)C)C(C)C. The number of fused-ring (bicyclic) bond motifs is 4. The molecule has 72 heavy (non-hydrogen) atoms. The number of hydrogen-bond acceptors (Lipinski definition) is 4. The molecule has 0 aromatic heterocycles. The molecule has 0 amide bonds. The number of allylic oxidation sites excluding steroid dienone is 12. The van der Waals surface area contributed by atoms with Crippen molar-refractivity contribution < 1.29 is 0 Å². The highest BCUT2D eigenvalue weighted by Crippen LogP contribution is 2.45. The van der Waals surface area contributed by atoms with Crippen LogP contribution >= 0.6 is 0 Å². The summed E-state index contributed by atoms with van der Waals surface area (Å²) in [6.07, 6.45) is 17.1. The van der Waals surface area contributed by atoms with Gasteiger partial charge in [0.05, 0.1) is 67.9 Å². The van der Waals surface area contributed by atoms with Gasteiger partial charge in [0.25, 0.3) is 0 Å². The van der Waals surface area contributed by atoms with Gasteiger partial charge >= 0.3 is 0 Å². The van der Waals surface area contributed by atoms with E-state index in [2.05, 4.69) is 261 Å². The van der Waals surface area contributed by atoms with E-state index in [9.17, 15) is 0 Å². The molecular weight excluding hydrogens is 937 g/mol. The maximum absolute atomic E-state index is 5.54. The maximum Gasteiger partial charge on any atom is 0.146 e. The Bertz CT molecular complexity index is 2320. The summed E-state index contributed by atoms with van der Waals surface area (Å²) >= 11 is 0. The molecule has 0 atom stereocenters. The summed E-state index contributed by atoms with van der Waals surface area (Å²) in [5.41, 5.74) is 31.7. The third-order valence-corrected chi connectivity index (χ3v) is 42.8. The minimum atomic E-state index is -2.16. The summed E-state index contributed by atoms with van der Waals surface area (Å²) in [5.74, 6) is 15.5. The van der Waals surface area contributed by atoms with E-state index in [0.717, 1.165) is 67.9 Å². The van der Waals surface area contributed by atoms with E-state index in [-0.39, 0.29) is 0 Å². The van der Waals surface area contributed by atoms with Crippen LogP contribution in [-0.2, 0) is 0 Å². The van der Waals surface area contributed by atoms with Crippen molar-refractivity contribution in [3.8, 4) is 45.9 Å². The molecule has 5 aliphatic rings. The first-order valence-corrected chi connectivity index (χ1v) is 36.7. The Balaban J connectivity index is 2.04. The first-order chi connectivity index (χ1) is 33.6. The lowest BCUT2D eigenvalue weighted by molar-refractivity contribution is 0.838. The average molecular weight is 1030 g/mol. The van der Waals surface area contributed by atoms with E-state index in [1.807, 2.05) is 0 Å². The Morgan fingerprint density at radius 1 is 0.236 bits per heavy atom. The minimum Gasteiger partial charge on any atom is -0.246 e. The van der Waals surface area contributed by atoms with Crippen molar-refractivity contribution in [1.82, 2.24) is 0 Å². The van der Waals surface area contributed by atoms with Crippen LogP contribution in [0.3, 0.4) is 0 Å². The lowest BCUT2D eigenvalue weighted by Gasteiger charge is -2.38. The predicted octanol–water partition coefficient (Wildman–Crippen LogP) is 17.9. The van der Waals surface area contributed by atoms with E-state index in [4.69, 9.17) is 20.0 Å². The molecule has 0 spiro atoms. The maximum atomic E-state index is 5.54. The van der Waals surface area contributed by atoms with E-state index in [1.54, 1.807) is 0 Å². The van der Waals surface area contributed by atoms with Crippen LogP contribution in [0.1, 0.15) is 166 Å². The van der Waals surface area contributed by atoms with Crippen LogP contribution in [0.5, 0.6) is 0 Å². The van der Waals surface area contributed by atoms with Gasteiger partial charge in [-0.15, -0.1) is 22.2 Å². The average Bonchev–Trinajstić information content (AvgIpc) is 4.12. The van der Waals surface area contributed by atoms with Gasteiger partial charge in [-0.25, -0.2) is 20.0 Å². The summed E-state index contributed by atoms with van der Waals surface area (Å²) in [5, 5.41) is 0. The number of hydrogen-bond donors (Lipinski definition) is 0. The van der Waals surface area contributed by atoms with E-state index < -0.39 is 32.3 Å². The molecule has 0 fully saturated rings. The Labute approximate surface area is 444 Å². The van der Waals surface area contributed by atoms with Gasteiger partial charge < -0.3 is 0 Å².